The number of hydrogen-bond donors (Lipinski definition) is 1. The largest absolute Gasteiger partial charge is 0.330 e. The molecule has 0 saturated carbocycles. The van der Waals surface area contributed by atoms with Gasteiger partial charge in [-0.1, -0.05) is 45.0 Å². The molecule has 0 saturated heterocycles. The van der Waals surface area contributed by atoms with Gasteiger partial charge in [0.25, 0.3) is 0 Å². The Labute approximate surface area is 129 Å². The van der Waals surface area contributed by atoms with Gasteiger partial charge >= 0.3 is 0 Å². The van der Waals surface area contributed by atoms with Crippen molar-refractivity contribution >= 4 is 16.3 Å². The zero-order chi connectivity index (χ0) is 15.0. The summed E-state index contributed by atoms with van der Waals surface area (Å²) in [6, 6.07) is 8.84. The van der Waals surface area contributed by atoms with Crippen LogP contribution in [0.4, 0.5) is 0 Å². The lowest BCUT2D eigenvalue weighted by molar-refractivity contribution is 0.590. The van der Waals surface area contributed by atoms with E-state index in [0.29, 0.717) is 6.54 Å². The Balaban J connectivity index is 2.00. The molecule has 0 radical (unpaired) electrons. The van der Waals surface area contributed by atoms with Gasteiger partial charge in [0.1, 0.15) is 0 Å². The monoisotopic (exact) mass is 299 g/mol. The van der Waals surface area contributed by atoms with Gasteiger partial charge in [-0.3, -0.25) is 4.40 Å². The van der Waals surface area contributed by atoms with E-state index in [9.17, 15) is 0 Å². The fourth-order valence-corrected chi connectivity index (χ4v) is 3.35. The second-order valence-electron chi connectivity index (χ2n) is 6.37. The highest BCUT2D eigenvalue weighted by Crippen LogP contribution is 2.29. The Morgan fingerprint density at radius 1 is 1.19 bits per heavy atom. The molecule has 0 amide bonds. The van der Waals surface area contributed by atoms with Gasteiger partial charge < -0.3 is 5.73 Å². The highest BCUT2D eigenvalue weighted by molar-refractivity contribution is 7.15. The SMILES string of the molecule is CC(C)(C)c1ccc(-c2csc3nc(CCN)cn23)cc1. The van der Waals surface area contributed by atoms with Crippen LogP contribution in [0.5, 0.6) is 0 Å². The molecule has 0 aliphatic heterocycles. The maximum atomic E-state index is 5.61. The van der Waals surface area contributed by atoms with E-state index >= 15 is 0 Å². The predicted octanol–water partition coefficient (Wildman–Crippen LogP) is 3.86. The Kier molecular flexibility index (Phi) is 3.59. The topological polar surface area (TPSA) is 43.3 Å². The predicted molar refractivity (Wildman–Crippen MR) is 90.0 cm³/mol. The number of aromatic nitrogens is 2. The molecule has 3 aromatic rings. The summed E-state index contributed by atoms with van der Waals surface area (Å²) in [4.78, 5) is 5.64. The first-order chi connectivity index (χ1) is 9.99. The molecule has 0 unspecified atom stereocenters. The molecule has 0 spiro atoms. The molecule has 0 bridgehead atoms. The second-order valence-corrected chi connectivity index (χ2v) is 7.21. The second kappa shape index (κ2) is 5.28. The number of rotatable bonds is 3. The van der Waals surface area contributed by atoms with E-state index in [1.165, 1.54) is 16.8 Å². The Hall–Kier alpha value is -1.65. The smallest absolute Gasteiger partial charge is 0.194 e. The van der Waals surface area contributed by atoms with Gasteiger partial charge in [-0.05, 0) is 23.1 Å². The van der Waals surface area contributed by atoms with Crippen molar-refractivity contribution in [2.24, 2.45) is 5.73 Å². The van der Waals surface area contributed by atoms with Crippen molar-refractivity contribution < 1.29 is 0 Å². The number of hydrogen-bond acceptors (Lipinski definition) is 3. The van der Waals surface area contributed by atoms with Crippen LogP contribution in [0, 0.1) is 0 Å². The molecule has 3 nitrogen and oxygen atoms in total. The van der Waals surface area contributed by atoms with E-state index in [2.05, 4.69) is 66.0 Å². The number of benzene rings is 1. The van der Waals surface area contributed by atoms with Crippen molar-refractivity contribution in [1.29, 1.82) is 0 Å². The van der Waals surface area contributed by atoms with E-state index in [0.717, 1.165) is 17.1 Å². The minimum absolute atomic E-state index is 0.186. The van der Waals surface area contributed by atoms with Crippen LogP contribution in [0.1, 0.15) is 32.0 Å². The molecule has 2 aromatic heterocycles. The average molecular weight is 299 g/mol. The van der Waals surface area contributed by atoms with E-state index in [1.807, 2.05) is 0 Å². The summed E-state index contributed by atoms with van der Waals surface area (Å²) in [6.45, 7) is 7.35. The summed E-state index contributed by atoms with van der Waals surface area (Å²) < 4.78 is 2.17. The summed E-state index contributed by atoms with van der Waals surface area (Å²) in [5.74, 6) is 0. The van der Waals surface area contributed by atoms with Crippen LogP contribution in [0.3, 0.4) is 0 Å². The molecule has 2 N–H and O–H groups in total. The van der Waals surface area contributed by atoms with E-state index in [4.69, 9.17) is 5.73 Å². The molecule has 2 heterocycles. The van der Waals surface area contributed by atoms with Crippen LogP contribution in [0.25, 0.3) is 16.2 Å². The first-order valence-corrected chi connectivity index (χ1v) is 8.13. The van der Waals surface area contributed by atoms with Crippen LogP contribution in [0.15, 0.2) is 35.8 Å². The molecule has 0 fully saturated rings. The standard InChI is InChI=1S/C17H21N3S/c1-17(2,3)13-6-4-12(5-7-13)15-11-21-16-19-14(8-9-18)10-20(15)16/h4-7,10-11H,8-9,18H2,1-3H3. The number of thiazole rings is 1. The van der Waals surface area contributed by atoms with Crippen LogP contribution >= 0.6 is 11.3 Å². The molecular formula is C17H21N3S. The fraction of sp³-hybridized carbons (Fsp3) is 0.353. The maximum Gasteiger partial charge on any atom is 0.194 e. The molecule has 0 aliphatic rings. The van der Waals surface area contributed by atoms with Gasteiger partial charge in [0, 0.05) is 18.0 Å². The maximum absolute atomic E-state index is 5.61. The molecule has 0 aliphatic carbocycles. The minimum Gasteiger partial charge on any atom is -0.330 e. The van der Waals surface area contributed by atoms with Crippen molar-refractivity contribution in [1.82, 2.24) is 9.38 Å². The molecule has 4 heteroatoms. The van der Waals surface area contributed by atoms with Crippen LogP contribution in [-0.4, -0.2) is 15.9 Å². The van der Waals surface area contributed by atoms with E-state index in [1.54, 1.807) is 11.3 Å². The summed E-state index contributed by atoms with van der Waals surface area (Å²) in [5, 5.41) is 2.17. The molecule has 110 valence electrons. The summed E-state index contributed by atoms with van der Waals surface area (Å²) in [5.41, 5.74) is 10.6. The lowest BCUT2D eigenvalue weighted by Gasteiger charge is -2.19. The van der Waals surface area contributed by atoms with E-state index in [-0.39, 0.29) is 5.41 Å². The number of fused-ring (bicyclic) bond motifs is 1. The van der Waals surface area contributed by atoms with Crippen molar-refractivity contribution in [2.75, 3.05) is 6.54 Å². The Morgan fingerprint density at radius 3 is 2.52 bits per heavy atom. The molecular weight excluding hydrogens is 278 g/mol. The third-order valence-corrected chi connectivity index (χ3v) is 4.55. The fourth-order valence-electron chi connectivity index (χ4n) is 2.45. The van der Waals surface area contributed by atoms with Crippen LogP contribution < -0.4 is 5.73 Å². The Morgan fingerprint density at radius 2 is 1.90 bits per heavy atom. The molecule has 3 rings (SSSR count). The zero-order valence-corrected chi connectivity index (χ0v) is 13.6. The zero-order valence-electron chi connectivity index (χ0n) is 12.8. The van der Waals surface area contributed by atoms with Crippen molar-refractivity contribution in [2.45, 2.75) is 32.6 Å². The Bertz CT molecular complexity index is 745. The van der Waals surface area contributed by atoms with Gasteiger partial charge in [-0.2, -0.15) is 0 Å². The van der Waals surface area contributed by atoms with Gasteiger partial charge in [-0.25, -0.2) is 4.98 Å². The van der Waals surface area contributed by atoms with Crippen molar-refractivity contribution in [3.8, 4) is 11.3 Å². The third-order valence-electron chi connectivity index (χ3n) is 3.71. The molecule has 0 atom stereocenters. The quantitative estimate of drug-likeness (QED) is 0.798. The van der Waals surface area contributed by atoms with E-state index < -0.39 is 0 Å². The summed E-state index contributed by atoms with van der Waals surface area (Å²) in [7, 11) is 0. The van der Waals surface area contributed by atoms with Crippen molar-refractivity contribution in [3.05, 3.63) is 47.1 Å². The number of imidazole rings is 1. The summed E-state index contributed by atoms with van der Waals surface area (Å²) in [6.07, 6.45) is 2.93. The lowest BCUT2D eigenvalue weighted by Crippen LogP contribution is -2.10. The van der Waals surface area contributed by atoms with Gasteiger partial charge in [-0.15, -0.1) is 11.3 Å². The van der Waals surface area contributed by atoms with Crippen molar-refractivity contribution in [3.63, 3.8) is 0 Å². The van der Waals surface area contributed by atoms with Gasteiger partial charge in [0.05, 0.1) is 11.4 Å². The van der Waals surface area contributed by atoms with Crippen LogP contribution in [0.2, 0.25) is 0 Å². The number of nitrogens with two attached hydrogens (primary N) is 1. The van der Waals surface area contributed by atoms with Gasteiger partial charge in [0.15, 0.2) is 4.96 Å². The minimum atomic E-state index is 0.186. The summed E-state index contributed by atoms with van der Waals surface area (Å²) >= 11 is 1.68. The number of nitrogens with zero attached hydrogens (tertiary/aromatic N) is 2. The highest BCUT2D eigenvalue weighted by Gasteiger charge is 2.14. The third kappa shape index (κ3) is 2.74. The highest BCUT2D eigenvalue weighted by atomic mass is 32.1. The average Bonchev–Trinajstić information content (AvgIpc) is 2.98. The molecule has 21 heavy (non-hydrogen) atoms. The van der Waals surface area contributed by atoms with Gasteiger partial charge in [0.2, 0.25) is 0 Å². The van der Waals surface area contributed by atoms with Crippen LogP contribution in [-0.2, 0) is 11.8 Å². The first-order valence-electron chi connectivity index (χ1n) is 7.25. The first kappa shape index (κ1) is 14.3. The lowest BCUT2D eigenvalue weighted by atomic mass is 9.86. The molecule has 1 aromatic carbocycles. The normalized spacial score (nSPS) is 12.2.